The Kier molecular flexibility index (Phi) is 1.95. The molecule has 0 radical (unpaired) electrons. The van der Waals surface area contributed by atoms with Crippen molar-refractivity contribution in [2.45, 2.75) is 26.9 Å². The smallest absolute Gasteiger partial charge is 0.149 e. The van der Waals surface area contributed by atoms with Crippen molar-refractivity contribution in [3.05, 3.63) is 35.8 Å². The highest BCUT2D eigenvalue weighted by atomic mass is 16.5. The molecule has 2 nitrogen and oxygen atoms in total. The van der Waals surface area contributed by atoms with Gasteiger partial charge in [-0.05, 0) is 30.6 Å². The normalized spacial score (nSPS) is 35.0. The minimum atomic E-state index is -0.0432. The third-order valence-electron chi connectivity index (χ3n) is 2.99. The van der Waals surface area contributed by atoms with Gasteiger partial charge in [0.05, 0.1) is 12.0 Å². The first-order valence-corrected chi connectivity index (χ1v) is 5.06. The molecule has 0 saturated carbocycles. The van der Waals surface area contributed by atoms with Crippen molar-refractivity contribution in [3.8, 4) is 0 Å². The van der Waals surface area contributed by atoms with E-state index in [1.54, 1.807) is 6.26 Å². The Morgan fingerprint density at radius 1 is 1.50 bits per heavy atom. The van der Waals surface area contributed by atoms with Crippen molar-refractivity contribution in [1.82, 2.24) is 0 Å². The summed E-state index contributed by atoms with van der Waals surface area (Å²) in [6.45, 7) is 6.51. The summed E-state index contributed by atoms with van der Waals surface area (Å²) in [5.74, 6) is 0.514. The maximum Gasteiger partial charge on any atom is 0.149 e. The molecule has 0 aromatic rings. The van der Waals surface area contributed by atoms with Crippen LogP contribution in [0.3, 0.4) is 0 Å². The van der Waals surface area contributed by atoms with E-state index in [1.807, 2.05) is 6.08 Å². The van der Waals surface area contributed by atoms with Gasteiger partial charge in [-0.2, -0.15) is 0 Å². The van der Waals surface area contributed by atoms with Crippen molar-refractivity contribution in [1.29, 1.82) is 0 Å². The fraction of sp³-hybridized carbons (Fsp3) is 0.500. The van der Waals surface area contributed by atoms with Gasteiger partial charge in [0.15, 0.2) is 0 Å². The highest BCUT2D eigenvalue weighted by molar-refractivity contribution is 5.39. The zero-order valence-electron chi connectivity index (χ0n) is 8.95. The molecule has 1 aliphatic heterocycles. The fourth-order valence-corrected chi connectivity index (χ4v) is 2.06. The quantitative estimate of drug-likeness (QED) is 0.690. The van der Waals surface area contributed by atoms with E-state index in [1.165, 1.54) is 5.57 Å². The third-order valence-corrected chi connectivity index (χ3v) is 2.99. The molecular formula is C12H17NO. The average molecular weight is 191 g/mol. The summed E-state index contributed by atoms with van der Waals surface area (Å²) in [6, 6.07) is 0. The summed E-state index contributed by atoms with van der Waals surface area (Å²) in [5, 5.41) is 0. The first-order valence-electron chi connectivity index (χ1n) is 5.06. The number of hydrogen-bond acceptors (Lipinski definition) is 2. The number of hydrogen-bond donors (Lipinski definition) is 1. The second kappa shape index (κ2) is 2.91. The van der Waals surface area contributed by atoms with Gasteiger partial charge in [-0.15, -0.1) is 0 Å². The highest BCUT2D eigenvalue weighted by Gasteiger charge is 2.39. The Labute approximate surface area is 85.1 Å². The van der Waals surface area contributed by atoms with Gasteiger partial charge in [0.1, 0.15) is 6.10 Å². The lowest BCUT2D eigenvalue weighted by Crippen LogP contribution is -2.34. The van der Waals surface area contributed by atoms with Crippen LogP contribution < -0.4 is 5.73 Å². The molecule has 2 rings (SSSR count). The molecule has 0 amide bonds. The van der Waals surface area contributed by atoms with Crippen LogP contribution >= 0.6 is 0 Å². The maximum absolute atomic E-state index is 5.99. The van der Waals surface area contributed by atoms with Crippen molar-refractivity contribution < 1.29 is 4.74 Å². The topological polar surface area (TPSA) is 35.2 Å². The van der Waals surface area contributed by atoms with E-state index in [-0.39, 0.29) is 11.5 Å². The molecule has 0 aromatic carbocycles. The molecule has 2 heteroatoms. The van der Waals surface area contributed by atoms with Gasteiger partial charge >= 0.3 is 0 Å². The van der Waals surface area contributed by atoms with Crippen LogP contribution in [0, 0.1) is 11.3 Å². The molecule has 0 aromatic heterocycles. The van der Waals surface area contributed by atoms with E-state index in [9.17, 15) is 0 Å². The van der Waals surface area contributed by atoms with Crippen molar-refractivity contribution in [2.75, 3.05) is 0 Å². The monoisotopic (exact) mass is 191 g/mol. The van der Waals surface area contributed by atoms with E-state index < -0.39 is 0 Å². The van der Waals surface area contributed by atoms with Crippen LogP contribution in [0.2, 0.25) is 0 Å². The van der Waals surface area contributed by atoms with Gasteiger partial charge in [0.25, 0.3) is 0 Å². The van der Waals surface area contributed by atoms with Gasteiger partial charge in [0.2, 0.25) is 0 Å². The Morgan fingerprint density at radius 3 is 2.86 bits per heavy atom. The van der Waals surface area contributed by atoms with E-state index in [0.717, 1.165) is 5.70 Å². The fourth-order valence-electron chi connectivity index (χ4n) is 2.06. The predicted molar refractivity (Wildman–Crippen MR) is 57.3 cm³/mol. The van der Waals surface area contributed by atoms with Crippen molar-refractivity contribution in [3.63, 3.8) is 0 Å². The number of ether oxygens (including phenoxy) is 1. The highest BCUT2D eigenvalue weighted by Crippen LogP contribution is 2.41. The predicted octanol–water partition coefficient (Wildman–Crippen LogP) is 2.34. The van der Waals surface area contributed by atoms with Crippen LogP contribution in [0.25, 0.3) is 0 Å². The van der Waals surface area contributed by atoms with Crippen molar-refractivity contribution >= 4 is 0 Å². The first-order chi connectivity index (χ1) is 6.53. The summed E-state index contributed by atoms with van der Waals surface area (Å²) in [4.78, 5) is 0. The minimum Gasteiger partial charge on any atom is -0.491 e. The molecule has 0 bridgehead atoms. The number of rotatable bonds is 1. The lowest BCUT2D eigenvalue weighted by atomic mass is 9.76. The van der Waals surface area contributed by atoms with Crippen LogP contribution in [0.1, 0.15) is 20.8 Å². The lowest BCUT2D eigenvalue weighted by Gasteiger charge is -2.32. The van der Waals surface area contributed by atoms with Crippen LogP contribution in [0.4, 0.5) is 0 Å². The van der Waals surface area contributed by atoms with Crippen LogP contribution in [-0.4, -0.2) is 6.10 Å². The van der Waals surface area contributed by atoms with Crippen molar-refractivity contribution in [2.24, 2.45) is 17.1 Å². The zero-order valence-corrected chi connectivity index (χ0v) is 8.95. The third kappa shape index (κ3) is 1.26. The second-order valence-electron chi connectivity index (χ2n) is 4.63. The largest absolute Gasteiger partial charge is 0.491 e. The molecule has 76 valence electrons. The van der Waals surface area contributed by atoms with Gasteiger partial charge in [-0.1, -0.05) is 19.9 Å². The first kappa shape index (κ1) is 9.38. The van der Waals surface area contributed by atoms with Gasteiger partial charge in [-0.25, -0.2) is 0 Å². The van der Waals surface area contributed by atoms with E-state index in [2.05, 4.69) is 32.9 Å². The molecule has 1 aliphatic carbocycles. The molecule has 0 fully saturated rings. The number of allylic oxidation sites excluding steroid dienone is 2. The van der Waals surface area contributed by atoms with E-state index in [0.29, 0.717) is 5.92 Å². The lowest BCUT2D eigenvalue weighted by molar-refractivity contribution is 0.138. The molecule has 2 aliphatic rings. The number of fused-ring (bicyclic) bond motifs is 1. The van der Waals surface area contributed by atoms with Crippen LogP contribution in [0.5, 0.6) is 0 Å². The summed E-state index contributed by atoms with van der Waals surface area (Å²) >= 11 is 0. The van der Waals surface area contributed by atoms with E-state index in [4.69, 9.17) is 10.5 Å². The Bertz CT molecular complexity index is 338. The molecular weight excluding hydrogens is 174 g/mol. The Hall–Kier alpha value is -1.18. The zero-order chi connectivity index (χ0) is 10.3. The number of nitrogens with two attached hydrogens (primary N) is 1. The summed E-state index contributed by atoms with van der Waals surface area (Å²) in [7, 11) is 0. The standard InChI is InChI=1S/C12H17NO/c1-8(2)9-6-10(13)11-12(3,7-9)4-5-14-11/h4-8,11H,13H2,1-3H3. The molecule has 0 spiro atoms. The molecule has 2 unspecified atom stereocenters. The summed E-state index contributed by atoms with van der Waals surface area (Å²) < 4.78 is 5.48. The summed E-state index contributed by atoms with van der Waals surface area (Å²) in [5.41, 5.74) is 8.08. The maximum atomic E-state index is 5.99. The molecule has 14 heavy (non-hydrogen) atoms. The van der Waals surface area contributed by atoms with E-state index >= 15 is 0 Å². The van der Waals surface area contributed by atoms with Gasteiger partial charge in [0, 0.05) is 5.41 Å². The summed E-state index contributed by atoms with van der Waals surface area (Å²) in [6.07, 6.45) is 8.15. The average Bonchev–Trinajstić information content (AvgIpc) is 2.46. The van der Waals surface area contributed by atoms with Crippen LogP contribution in [-0.2, 0) is 4.74 Å². The molecule has 2 atom stereocenters. The van der Waals surface area contributed by atoms with Gasteiger partial charge < -0.3 is 10.5 Å². The Balaban J connectivity index is 2.41. The SMILES string of the molecule is CC(C)C1=CC2(C)C=COC2C(N)=C1. The molecule has 2 N–H and O–H groups in total. The Morgan fingerprint density at radius 2 is 2.21 bits per heavy atom. The van der Waals surface area contributed by atoms with Gasteiger partial charge in [-0.3, -0.25) is 0 Å². The van der Waals surface area contributed by atoms with Crippen LogP contribution in [0.15, 0.2) is 35.8 Å². The molecule has 1 heterocycles. The second-order valence-corrected chi connectivity index (χ2v) is 4.63. The minimum absolute atomic E-state index is 0.00463. The molecule has 0 saturated heterocycles.